The molecule has 6 heteroatoms. The maximum atomic E-state index is 12.2. The number of nitrogens with one attached hydrogen (secondary N) is 1. The van der Waals surface area contributed by atoms with E-state index in [9.17, 15) is 4.79 Å². The lowest BCUT2D eigenvalue weighted by Gasteiger charge is -2.21. The standard InChI is InChI=1S/C18H20N4O2/c1-12(13-7-8-13)20-17-19-10-9-16(21-17)22-15(11-24-18(22)23)14-5-3-2-4-6-14/h2-6,9-10,12-13,15H,7-8,11H2,1H3,(H,19,20,21). The van der Waals surface area contributed by atoms with Gasteiger partial charge in [-0.1, -0.05) is 30.3 Å². The van der Waals surface area contributed by atoms with Gasteiger partial charge >= 0.3 is 6.09 Å². The summed E-state index contributed by atoms with van der Waals surface area (Å²) in [5.41, 5.74) is 1.03. The summed E-state index contributed by atoms with van der Waals surface area (Å²) in [5.74, 6) is 1.82. The van der Waals surface area contributed by atoms with Gasteiger partial charge in [-0.3, -0.25) is 4.90 Å². The fourth-order valence-electron chi connectivity index (χ4n) is 3.07. The highest BCUT2D eigenvalue weighted by Crippen LogP contribution is 2.34. The van der Waals surface area contributed by atoms with E-state index in [1.807, 2.05) is 30.3 Å². The number of ether oxygens (including phenoxy) is 1. The van der Waals surface area contributed by atoms with Crippen molar-refractivity contribution in [3.63, 3.8) is 0 Å². The van der Waals surface area contributed by atoms with Gasteiger partial charge < -0.3 is 10.1 Å². The SMILES string of the molecule is CC(Nc1nccc(N2C(=O)OCC2c2ccccc2)n1)C1CC1. The third-order valence-corrected chi connectivity index (χ3v) is 4.63. The second-order valence-corrected chi connectivity index (χ2v) is 6.38. The Labute approximate surface area is 140 Å². The van der Waals surface area contributed by atoms with Gasteiger partial charge in [-0.25, -0.2) is 9.78 Å². The van der Waals surface area contributed by atoms with Crippen molar-refractivity contribution in [3.05, 3.63) is 48.2 Å². The first-order valence-electron chi connectivity index (χ1n) is 8.33. The predicted octanol–water partition coefficient (Wildman–Crippen LogP) is 3.38. The molecule has 0 bridgehead atoms. The van der Waals surface area contributed by atoms with Gasteiger partial charge in [-0.15, -0.1) is 0 Å². The summed E-state index contributed by atoms with van der Waals surface area (Å²) in [6.07, 6.45) is 3.81. The minimum Gasteiger partial charge on any atom is -0.447 e. The van der Waals surface area contributed by atoms with Gasteiger partial charge in [-0.05, 0) is 37.3 Å². The van der Waals surface area contributed by atoms with Crippen molar-refractivity contribution in [2.24, 2.45) is 5.92 Å². The molecule has 2 atom stereocenters. The Bertz CT molecular complexity index is 733. The lowest BCUT2D eigenvalue weighted by molar-refractivity contribution is 0.179. The van der Waals surface area contributed by atoms with Crippen LogP contribution >= 0.6 is 0 Å². The zero-order valence-electron chi connectivity index (χ0n) is 13.6. The molecule has 0 spiro atoms. The maximum absolute atomic E-state index is 12.2. The third-order valence-electron chi connectivity index (χ3n) is 4.63. The first kappa shape index (κ1) is 14.9. The van der Waals surface area contributed by atoms with Crippen molar-refractivity contribution in [1.29, 1.82) is 0 Å². The number of benzene rings is 1. The molecule has 1 aliphatic heterocycles. The molecule has 1 amide bonds. The molecule has 2 unspecified atom stereocenters. The zero-order valence-corrected chi connectivity index (χ0v) is 13.6. The molecule has 4 rings (SSSR count). The molecule has 24 heavy (non-hydrogen) atoms. The van der Waals surface area contributed by atoms with E-state index >= 15 is 0 Å². The smallest absolute Gasteiger partial charge is 0.416 e. The Morgan fingerprint density at radius 3 is 2.79 bits per heavy atom. The van der Waals surface area contributed by atoms with E-state index in [0.29, 0.717) is 30.3 Å². The molecule has 2 heterocycles. The first-order chi connectivity index (χ1) is 11.7. The number of hydrogen-bond acceptors (Lipinski definition) is 5. The molecule has 2 fully saturated rings. The Morgan fingerprint density at radius 2 is 2.04 bits per heavy atom. The molecular weight excluding hydrogens is 304 g/mol. The number of carbonyl (C=O) groups is 1. The van der Waals surface area contributed by atoms with Gasteiger partial charge in [0.05, 0.1) is 0 Å². The number of cyclic esters (lactones) is 1. The van der Waals surface area contributed by atoms with E-state index in [0.717, 1.165) is 5.56 Å². The van der Waals surface area contributed by atoms with Crippen molar-refractivity contribution >= 4 is 17.9 Å². The number of amides is 1. The fraction of sp³-hybridized carbons (Fsp3) is 0.389. The molecule has 6 nitrogen and oxygen atoms in total. The maximum Gasteiger partial charge on any atom is 0.416 e. The Hall–Kier alpha value is -2.63. The Balaban J connectivity index is 1.60. The number of hydrogen-bond donors (Lipinski definition) is 1. The largest absolute Gasteiger partial charge is 0.447 e. The van der Waals surface area contributed by atoms with Crippen LogP contribution in [0.3, 0.4) is 0 Å². The van der Waals surface area contributed by atoms with Crippen molar-refractivity contribution in [3.8, 4) is 0 Å². The summed E-state index contributed by atoms with van der Waals surface area (Å²) < 4.78 is 5.26. The van der Waals surface area contributed by atoms with Gasteiger partial charge in [0, 0.05) is 12.2 Å². The molecule has 1 aliphatic carbocycles. The van der Waals surface area contributed by atoms with Gasteiger partial charge in [-0.2, -0.15) is 4.98 Å². The van der Waals surface area contributed by atoms with Crippen LogP contribution in [-0.2, 0) is 4.74 Å². The van der Waals surface area contributed by atoms with Crippen molar-refractivity contribution in [2.45, 2.75) is 31.8 Å². The molecule has 1 N–H and O–H groups in total. The van der Waals surface area contributed by atoms with Gasteiger partial charge in [0.1, 0.15) is 18.5 Å². The molecular formula is C18H20N4O2. The van der Waals surface area contributed by atoms with Crippen LogP contribution in [0.2, 0.25) is 0 Å². The van der Waals surface area contributed by atoms with E-state index in [2.05, 4.69) is 22.2 Å². The number of anilines is 2. The van der Waals surface area contributed by atoms with Gasteiger partial charge in [0.15, 0.2) is 0 Å². The van der Waals surface area contributed by atoms with Crippen LogP contribution in [0.15, 0.2) is 42.6 Å². The lowest BCUT2D eigenvalue weighted by Crippen LogP contribution is -2.29. The van der Waals surface area contributed by atoms with Crippen LogP contribution in [0.1, 0.15) is 31.4 Å². The first-order valence-corrected chi connectivity index (χ1v) is 8.33. The second-order valence-electron chi connectivity index (χ2n) is 6.38. The minimum absolute atomic E-state index is 0.165. The van der Waals surface area contributed by atoms with Crippen LogP contribution in [0.25, 0.3) is 0 Å². The average molecular weight is 324 g/mol. The predicted molar refractivity (Wildman–Crippen MR) is 90.9 cm³/mol. The van der Waals surface area contributed by atoms with Crippen molar-refractivity contribution in [1.82, 2.24) is 9.97 Å². The lowest BCUT2D eigenvalue weighted by atomic mass is 10.1. The van der Waals surface area contributed by atoms with Crippen LogP contribution < -0.4 is 10.2 Å². The minimum atomic E-state index is -0.372. The summed E-state index contributed by atoms with van der Waals surface area (Å²) in [6.45, 7) is 2.47. The molecule has 124 valence electrons. The topological polar surface area (TPSA) is 67.4 Å². The van der Waals surface area contributed by atoms with Crippen LogP contribution in [-0.4, -0.2) is 28.7 Å². The van der Waals surface area contributed by atoms with E-state index in [4.69, 9.17) is 4.74 Å². The van der Waals surface area contributed by atoms with E-state index < -0.39 is 0 Å². The molecule has 1 saturated heterocycles. The zero-order chi connectivity index (χ0) is 16.5. The van der Waals surface area contributed by atoms with Crippen LogP contribution in [0.5, 0.6) is 0 Å². The Morgan fingerprint density at radius 1 is 1.25 bits per heavy atom. The van der Waals surface area contributed by atoms with E-state index in [1.54, 1.807) is 17.2 Å². The number of carbonyl (C=O) groups excluding carboxylic acids is 1. The number of rotatable bonds is 5. The number of aromatic nitrogens is 2. The fourth-order valence-corrected chi connectivity index (χ4v) is 3.07. The molecule has 1 saturated carbocycles. The molecule has 2 aliphatic rings. The summed E-state index contributed by atoms with van der Waals surface area (Å²) >= 11 is 0. The van der Waals surface area contributed by atoms with Crippen LogP contribution in [0, 0.1) is 5.92 Å². The molecule has 0 radical (unpaired) electrons. The average Bonchev–Trinajstić information content (AvgIpc) is 3.38. The second kappa shape index (κ2) is 6.11. The summed E-state index contributed by atoms with van der Waals surface area (Å²) in [7, 11) is 0. The summed E-state index contributed by atoms with van der Waals surface area (Å²) in [4.78, 5) is 22.7. The molecule has 2 aromatic rings. The third kappa shape index (κ3) is 2.91. The van der Waals surface area contributed by atoms with Crippen molar-refractivity contribution < 1.29 is 9.53 Å². The number of nitrogens with zero attached hydrogens (tertiary/aromatic N) is 3. The molecule has 1 aromatic carbocycles. The summed E-state index contributed by atoms with van der Waals surface area (Å²) in [5, 5.41) is 3.34. The quantitative estimate of drug-likeness (QED) is 0.913. The van der Waals surface area contributed by atoms with Crippen LogP contribution in [0.4, 0.5) is 16.6 Å². The highest BCUT2D eigenvalue weighted by Gasteiger charge is 2.36. The van der Waals surface area contributed by atoms with Crippen molar-refractivity contribution in [2.75, 3.05) is 16.8 Å². The highest BCUT2D eigenvalue weighted by atomic mass is 16.6. The van der Waals surface area contributed by atoms with Gasteiger partial charge in [0.2, 0.25) is 5.95 Å². The highest BCUT2D eigenvalue weighted by molar-refractivity contribution is 5.89. The summed E-state index contributed by atoms with van der Waals surface area (Å²) in [6, 6.07) is 11.8. The molecule has 1 aromatic heterocycles. The normalized spacial score (nSPS) is 21.5. The van der Waals surface area contributed by atoms with Gasteiger partial charge in [0.25, 0.3) is 0 Å². The monoisotopic (exact) mass is 324 g/mol. The van der Waals surface area contributed by atoms with E-state index in [-0.39, 0.29) is 12.1 Å². The Kier molecular flexibility index (Phi) is 3.80. The van der Waals surface area contributed by atoms with E-state index in [1.165, 1.54) is 12.8 Å².